The molecule has 0 aromatic heterocycles. The minimum absolute atomic E-state index is 0.520. The molecule has 0 nitrogen and oxygen atoms in total. The highest BCUT2D eigenvalue weighted by Gasteiger charge is 2.55. The largest absolute Gasteiger partial charge is 0.103 e. The van der Waals surface area contributed by atoms with Crippen molar-refractivity contribution >= 4 is 0 Å². The number of rotatable bonds is 4. The second kappa shape index (κ2) is 11.2. The fourth-order valence-electron chi connectivity index (χ4n) is 7.30. The van der Waals surface area contributed by atoms with E-state index < -0.39 is 0 Å². The molecule has 0 spiro atoms. The molecule has 3 saturated carbocycles. The smallest absolute Gasteiger partial charge is 0.00476 e. The summed E-state index contributed by atoms with van der Waals surface area (Å²) in [6, 6.07) is 0. The van der Waals surface area contributed by atoms with Gasteiger partial charge >= 0.3 is 0 Å². The van der Waals surface area contributed by atoms with Gasteiger partial charge in [0.2, 0.25) is 0 Å². The van der Waals surface area contributed by atoms with E-state index in [-0.39, 0.29) is 0 Å². The quantitative estimate of drug-likeness (QED) is 0.403. The lowest BCUT2D eigenvalue weighted by molar-refractivity contribution is 0.0662. The van der Waals surface area contributed by atoms with Crippen LogP contribution in [0.4, 0.5) is 0 Å². The first kappa shape index (κ1) is 25.5. The average molecular weight is 413 g/mol. The van der Waals surface area contributed by atoms with Crippen LogP contribution in [-0.4, -0.2) is 0 Å². The highest BCUT2D eigenvalue weighted by atomic mass is 14.6. The van der Waals surface area contributed by atoms with Crippen molar-refractivity contribution in [3.05, 3.63) is 36.0 Å². The van der Waals surface area contributed by atoms with Gasteiger partial charge in [-0.1, -0.05) is 97.1 Å². The normalized spacial score (nSPS) is 36.6. The molecule has 0 aromatic rings. The summed E-state index contributed by atoms with van der Waals surface area (Å²) in [5.41, 5.74) is 4.81. The second-order valence-corrected chi connectivity index (χ2v) is 11.1. The van der Waals surface area contributed by atoms with E-state index in [1.165, 1.54) is 64.2 Å². The predicted octanol–water partition coefficient (Wildman–Crippen LogP) is 9.92. The molecule has 30 heavy (non-hydrogen) atoms. The third-order valence-corrected chi connectivity index (χ3v) is 8.96. The maximum absolute atomic E-state index is 3.60. The Kier molecular flexibility index (Phi) is 9.51. The maximum atomic E-state index is 3.60. The minimum atomic E-state index is 0.520. The second-order valence-electron chi connectivity index (χ2n) is 11.1. The SMILES string of the molecule is C=CCC(C)C.CC.CCCC1CCC2C3=CC=C4CCCCC4(C)C3CCC12C. The van der Waals surface area contributed by atoms with Crippen molar-refractivity contribution in [2.45, 2.75) is 119 Å². The van der Waals surface area contributed by atoms with Gasteiger partial charge in [0.15, 0.2) is 0 Å². The average Bonchev–Trinajstić information content (AvgIpc) is 3.06. The topological polar surface area (TPSA) is 0 Å². The molecule has 0 aromatic carbocycles. The van der Waals surface area contributed by atoms with E-state index in [1.54, 1.807) is 5.57 Å². The summed E-state index contributed by atoms with van der Waals surface area (Å²) in [6.45, 7) is 19.6. The molecule has 4 aliphatic carbocycles. The van der Waals surface area contributed by atoms with Crippen LogP contribution >= 0.6 is 0 Å². The van der Waals surface area contributed by atoms with Crippen molar-refractivity contribution in [3.63, 3.8) is 0 Å². The Morgan fingerprint density at radius 3 is 2.37 bits per heavy atom. The van der Waals surface area contributed by atoms with Gasteiger partial charge in [0.25, 0.3) is 0 Å². The molecule has 5 atom stereocenters. The molecule has 0 aliphatic heterocycles. The van der Waals surface area contributed by atoms with Gasteiger partial charge in [0.1, 0.15) is 0 Å². The first-order chi connectivity index (χ1) is 14.4. The fourth-order valence-corrected chi connectivity index (χ4v) is 7.30. The molecular formula is C30H52. The van der Waals surface area contributed by atoms with Crippen LogP contribution in [0.3, 0.4) is 0 Å². The molecule has 0 saturated heterocycles. The number of hydrogen-bond acceptors (Lipinski definition) is 0. The molecule has 4 rings (SSSR count). The molecule has 4 aliphatic rings. The standard InChI is InChI=1S/C22H34.C6H12.C2H6/c1-4-7-16-10-12-19-18-11-9-17-8-5-6-14-21(17,2)20(18)13-15-22(16,19)3;1-4-5-6(2)3;1-2/h9,11,16,19-20H,4-8,10,12-15H2,1-3H3;4,6H,1,5H2,2-3H3;1-2H3. The number of allylic oxidation sites excluding steroid dienone is 5. The third kappa shape index (κ3) is 4.99. The van der Waals surface area contributed by atoms with Crippen molar-refractivity contribution < 1.29 is 0 Å². The van der Waals surface area contributed by atoms with Crippen LogP contribution < -0.4 is 0 Å². The molecule has 0 bridgehead atoms. The highest BCUT2D eigenvalue weighted by Crippen LogP contribution is 2.65. The van der Waals surface area contributed by atoms with Crippen LogP contribution in [0.2, 0.25) is 0 Å². The third-order valence-electron chi connectivity index (χ3n) is 8.96. The molecule has 0 radical (unpaired) electrons. The lowest BCUT2D eigenvalue weighted by Gasteiger charge is -2.54. The summed E-state index contributed by atoms with van der Waals surface area (Å²) in [6.07, 6.45) is 22.7. The van der Waals surface area contributed by atoms with E-state index in [1.807, 2.05) is 25.5 Å². The van der Waals surface area contributed by atoms with Crippen LogP contribution in [0, 0.1) is 34.5 Å². The molecule has 5 unspecified atom stereocenters. The monoisotopic (exact) mass is 412 g/mol. The molecule has 0 heteroatoms. The minimum Gasteiger partial charge on any atom is -0.103 e. The lowest BCUT2D eigenvalue weighted by atomic mass is 9.50. The first-order valence-electron chi connectivity index (χ1n) is 13.4. The molecule has 172 valence electrons. The zero-order valence-corrected chi connectivity index (χ0v) is 21.5. The van der Waals surface area contributed by atoms with E-state index in [9.17, 15) is 0 Å². The van der Waals surface area contributed by atoms with Crippen molar-refractivity contribution in [3.8, 4) is 0 Å². The van der Waals surface area contributed by atoms with E-state index in [0.717, 1.165) is 30.1 Å². The van der Waals surface area contributed by atoms with Crippen LogP contribution in [0.25, 0.3) is 0 Å². The summed E-state index contributed by atoms with van der Waals surface area (Å²) in [5, 5.41) is 0. The van der Waals surface area contributed by atoms with Gasteiger partial charge in [0, 0.05) is 0 Å². The zero-order valence-electron chi connectivity index (χ0n) is 21.5. The highest BCUT2D eigenvalue weighted by molar-refractivity contribution is 5.38. The summed E-state index contributed by atoms with van der Waals surface area (Å²) < 4.78 is 0. The predicted molar refractivity (Wildman–Crippen MR) is 136 cm³/mol. The summed E-state index contributed by atoms with van der Waals surface area (Å²) in [5.74, 6) is 3.56. The van der Waals surface area contributed by atoms with Gasteiger partial charge in [-0.25, -0.2) is 0 Å². The van der Waals surface area contributed by atoms with Crippen molar-refractivity contribution in [2.24, 2.45) is 34.5 Å². The van der Waals surface area contributed by atoms with Gasteiger partial charge in [-0.05, 0) is 85.9 Å². The molecule has 0 N–H and O–H groups in total. The summed E-state index contributed by atoms with van der Waals surface area (Å²) in [4.78, 5) is 0. The zero-order chi connectivity index (χ0) is 22.4. The Hall–Kier alpha value is -0.780. The molecule has 0 amide bonds. The molecule has 3 fully saturated rings. The number of hydrogen-bond donors (Lipinski definition) is 0. The van der Waals surface area contributed by atoms with E-state index in [0.29, 0.717) is 10.8 Å². The van der Waals surface area contributed by atoms with Crippen LogP contribution in [0.1, 0.15) is 119 Å². The Morgan fingerprint density at radius 2 is 1.77 bits per heavy atom. The Balaban J connectivity index is 0.000000348. The Morgan fingerprint density at radius 1 is 1.03 bits per heavy atom. The van der Waals surface area contributed by atoms with Crippen LogP contribution in [-0.2, 0) is 0 Å². The van der Waals surface area contributed by atoms with Gasteiger partial charge in [-0.2, -0.15) is 0 Å². The Labute approximate surface area is 189 Å². The van der Waals surface area contributed by atoms with Gasteiger partial charge in [-0.15, -0.1) is 6.58 Å². The van der Waals surface area contributed by atoms with E-state index in [4.69, 9.17) is 0 Å². The fraction of sp³-hybridized carbons (Fsp3) is 0.800. The van der Waals surface area contributed by atoms with E-state index >= 15 is 0 Å². The first-order valence-corrected chi connectivity index (χ1v) is 13.4. The van der Waals surface area contributed by atoms with Crippen molar-refractivity contribution in [1.82, 2.24) is 0 Å². The van der Waals surface area contributed by atoms with Gasteiger partial charge in [0.05, 0.1) is 0 Å². The van der Waals surface area contributed by atoms with Crippen molar-refractivity contribution in [2.75, 3.05) is 0 Å². The molecule has 0 heterocycles. The summed E-state index contributed by atoms with van der Waals surface area (Å²) in [7, 11) is 0. The van der Waals surface area contributed by atoms with E-state index in [2.05, 4.69) is 53.3 Å². The molecular weight excluding hydrogens is 360 g/mol. The van der Waals surface area contributed by atoms with Gasteiger partial charge < -0.3 is 0 Å². The lowest BCUT2D eigenvalue weighted by Crippen LogP contribution is -2.44. The number of fused-ring (bicyclic) bond motifs is 5. The van der Waals surface area contributed by atoms with Crippen LogP contribution in [0.5, 0.6) is 0 Å². The maximum Gasteiger partial charge on any atom is -0.00476 e. The summed E-state index contributed by atoms with van der Waals surface area (Å²) >= 11 is 0. The Bertz CT molecular complexity index is 606. The van der Waals surface area contributed by atoms with Crippen molar-refractivity contribution in [1.29, 1.82) is 0 Å². The van der Waals surface area contributed by atoms with Crippen LogP contribution in [0.15, 0.2) is 36.0 Å². The van der Waals surface area contributed by atoms with Gasteiger partial charge in [-0.3, -0.25) is 0 Å².